The van der Waals surface area contributed by atoms with Gasteiger partial charge in [0.1, 0.15) is 11.6 Å². The molecule has 222 valence electrons. The highest BCUT2D eigenvalue weighted by molar-refractivity contribution is 7.98. The largest absolute Gasteiger partial charge is 0.359 e. The zero-order chi connectivity index (χ0) is 29.6. The Morgan fingerprint density at radius 1 is 1.12 bits per heavy atom. The summed E-state index contributed by atoms with van der Waals surface area (Å²) < 4.78 is 6.52. The van der Waals surface area contributed by atoms with Gasteiger partial charge in [0.2, 0.25) is 17.7 Å². The molecule has 2 aromatic carbocycles. The minimum absolute atomic E-state index is 0.0373. The molecule has 7 nitrogen and oxygen atoms in total. The predicted octanol–water partition coefficient (Wildman–Crippen LogP) is 5.33. The fourth-order valence-electron chi connectivity index (χ4n) is 7.38. The normalized spacial score (nSPS) is 33.1. The molecule has 4 aliphatic rings. The number of nitrogens with one attached hydrogen (secondary N) is 2. The second-order valence-electron chi connectivity index (χ2n) is 12.2. The number of hydrogen-bond donors (Lipinski definition) is 2. The van der Waals surface area contributed by atoms with E-state index in [4.69, 9.17) is 16.3 Å². The topological polar surface area (TPSA) is 87.7 Å². The van der Waals surface area contributed by atoms with Crippen molar-refractivity contribution in [3.63, 3.8) is 0 Å². The maximum absolute atomic E-state index is 14.3. The second-order valence-corrected chi connectivity index (χ2v) is 13.5. The number of ether oxygens (including phenoxy) is 1. The smallest absolute Gasteiger partial charge is 0.246 e. The Morgan fingerprint density at radius 3 is 2.67 bits per heavy atom. The van der Waals surface area contributed by atoms with Crippen molar-refractivity contribution >= 4 is 46.8 Å². The van der Waals surface area contributed by atoms with Crippen LogP contribution in [0, 0.1) is 23.7 Å². The first-order chi connectivity index (χ1) is 20.2. The lowest BCUT2D eigenvalue weighted by atomic mass is 9.73. The molecule has 9 heteroatoms. The average Bonchev–Trinajstić information content (AvgIpc) is 3.62. The van der Waals surface area contributed by atoms with Crippen LogP contribution in [0.15, 0.2) is 65.6 Å². The maximum Gasteiger partial charge on any atom is 0.246 e. The Balaban J connectivity index is 1.29. The SMILES string of the molecule is CSc1cccc(NC(=O)[C@@H]2[C@@H]3C=C[C@]4(O3)[C@@H]2C(=O)N(CCc2ccc(Cl)cc2)[C@H]4C(=O)N[C@@H]2CCC[C@@H](C)[C@@H]2C)c1. The van der Waals surface area contributed by atoms with Gasteiger partial charge in [-0.3, -0.25) is 14.4 Å². The maximum atomic E-state index is 14.3. The van der Waals surface area contributed by atoms with E-state index in [0.29, 0.717) is 35.5 Å². The van der Waals surface area contributed by atoms with Crippen molar-refractivity contribution in [2.75, 3.05) is 18.1 Å². The van der Waals surface area contributed by atoms with E-state index in [0.717, 1.165) is 29.7 Å². The molecule has 1 aliphatic carbocycles. The van der Waals surface area contributed by atoms with Crippen LogP contribution >= 0.6 is 23.4 Å². The third-order valence-corrected chi connectivity index (χ3v) is 10.8. The molecule has 1 spiro atoms. The van der Waals surface area contributed by atoms with Gasteiger partial charge in [0.25, 0.3) is 0 Å². The standard InChI is InChI=1S/C33H38ClN3O4S/c1-19-6-4-9-25(20(19)2)36-31(39)29-33-16-14-26(41-33)27(30(38)35-23-7-5-8-24(18-23)42-3)28(33)32(40)37(29)17-15-21-10-12-22(34)13-11-21/h5,7-8,10-14,16,18-20,25-29H,4,6,9,15,17H2,1-3H3,(H,35,38)(H,36,39)/t19-,20+,25-,26+,27-,28+,29+,33+/m1/s1. The molecule has 0 aromatic heterocycles. The van der Waals surface area contributed by atoms with Crippen molar-refractivity contribution in [2.45, 2.75) is 68.2 Å². The summed E-state index contributed by atoms with van der Waals surface area (Å²) in [4.78, 5) is 44.9. The van der Waals surface area contributed by atoms with E-state index < -0.39 is 29.6 Å². The highest BCUT2D eigenvalue weighted by Crippen LogP contribution is 2.55. The van der Waals surface area contributed by atoms with Crippen molar-refractivity contribution in [3.05, 3.63) is 71.3 Å². The van der Waals surface area contributed by atoms with E-state index in [-0.39, 0.29) is 23.8 Å². The lowest BCUT2D eigenvalue weighted by Crippen LogP contribution is -2.58. The molecule has 0 radical (unpaired) electrons. The van der Waals surface area contributed by atoms with E-state index in [2.05, 4.69) is 24.5 Å². The number of anilines is 1. The van der Waals surface area contributed by atoms with Gasteiger partial charge in [-0.05, 0) is 66.8 Å². The van der Waals surface area contributed by atoms with Crippen LogP contribution < -0.4 is 10.6 Å². The van der Waals surface area contributed by atoms with Crippen molar-refractivity contribution in [3.8, 4) is 0 Å². The van der Waals surface area contributed by atoms with Crippen molar-refractivity contribution < 1.29 is 19.1 Å². The summed E-state index contributed by atoms with van der Waals surface area (Å²) in [5.74, 6) is -1.34. The molecular formula is C33H38ClN3O4S. The summed E-state index contributed by atoms with van der Waals surface area (Å²) >= 11 is 7.68. The summed E-state index contributed by atoms with van der Waals surface area (Å²) in [5.41, 5.74) is 0.505. The van der Waals surface area contributed by atoms with Crippen molar-refractivity contribution in [1.29, 1.82) is 0 Å². The fraction of sp³-hybridized carbons (Fsp3) is 0.485. The molecule has 3 heterocycles. The molecule has 2 aromatic rings. The third-order valence-electron chi connectivity index (χ3n) is 9.85. The van der Waals surface area contributed by atoms with E-state index in [1.165, 1.54) is 0 Å². The Kier molecular flexibility index (Phi) is 8.15. The Labute approximate surface area is 256 Å². The predicted molar refractivity (Wildman–Crippen MR) is 165 cm³/mol. The number of thioether (sulfide) groups is 1. The summed E-state index contributed by atoms with van der Waals surface area (Å²) in [6, 6.07) is 14.3. The molecule has 2 bridgehead atoms. The van der Waals surface area contributed by atoms with Gasteiger partial charge in [-0.25, -0.2) is 0 Å². The van der Waals surface area contributed by atoms with E-state index in [9.17, 15) is 14.4 Å². The van der Waals surface area contributed by atoms with Gasteiger partial charge < -0.3 is 20.3 Å². The number of fused-ring (bicyclic) bond motifs is 1. The zero-order valence-corrected chi connectivity index (χ0v) is 25.8. The van der Waals surface area contributed by atoms with Crippen molar-refractivity contribution in [2.24, 2.45) is 23.7 Å². The Bertz CT molecular complexity index is 1400. The van der Waals surface area contributed by atoms with Gasteiger partial charge >= 0.3 is 0 Å². The number of nitrogens with zero attached hydrogens (tertiary/aromatic N) is 1. The molecule has 42 heavy (non-hydrogen) atoms. The fourth-order valence-corrected chi connectivity index (χ4v) is 7.97. The summed E-state index contributed by atoms with van der Waals surface area (Å²) in [6.07, 6.45) is 8.83. The molecule has 2 saturated heterocycles. The van der Waals surface area contributed by atoms with Gasteiger partial charge in [0, 0.05) is 28.2 Å². The second kappa shape index (κ2) is 11.7. The number of hydrogen-bond acceptors (Lipinski definition) is 5. The number of rotatable bonds is 8. The highest BCUT2D eigenvalue weighted by Gasteiger charge is 2.72. The number of likely N-dealkylation sites (tertiary alicyclic amines) is 1. The molecule has 3 aliphatic heterocycles. The van der Waals surface area contributed by atoms with Crippen LogP contribution in [0.1, 0.15) is 38.7 Å². The number of carbonyl (C=O) groups is 3. The van der Waals surface area contributed by atoms with Gasteiger partial charge in [-0.15, -0.1) is 11.8 Å². The quantitative estimate of drug-likeness (QED) is 0.313. The summed E-state index contributed by atoms with van der Waals surface area (Å²) in [6.45, 7) is 4.76. The number of benzene rings is 2. The number of amides is 3. The van der Waals surface area contributed by atoms with E-state index in [1.807, 2.05) is 66.9 Å². The van der Waals surface area contributed by atoms with Crippen molar-refractivity contribution in [1.82, 2.24) is 10.2 Å². The van der Waals surface area contributed by atoms with Crippen LogP contribution in [-0.2, 0) is 25.5 Å². The molecular weight excluding hydrogens is 570 g/mol. The van der Waals surface area contributed by atoms with E-state index in [1.54, 1.807) is 16.7 Å². The first kappa shape index (κ1) is 29.3. The highest BCUT2D eigenvalue weighted by atomic mass is 35.5. The monoisotopic (exact) mass is 607 g/mol. The van der Waals surface area contributed by atoms with Crippen LogP contribution in [0.4, 0.5) is 5.69 Å². The number of carbonyl (C=O) groups excluding carboxylic acids is 3. The molecule has 3 fully saturated rings. The van der Waals surface area contributed by atoms with Gasteiger partial charge in [-0.2, -0.15) is 0 Å². The van der Waals surface area contributed by atoms with Gasteiger partial charge in [-0.1, -0.05) is 68.6 Å². The zero-order valence-electron chi connectivity index (χ0n) is 24.2. The Hall–Kier alpha value is -2.81. The molecule has 6 rings (SSSR count). The van der Waals surface area contributed by atoms with Gasteiger partial charge in [0.05, 0.1) is 17.9 Å². The lowest BCUT2D eigenvalue weighted by molar-refractivity contribution is -0.141. The third kappa shape index (κ3) is 5.16. The van der Waals surface area contributed by atoms with Crippen LogP contribution in [0.3, 0.4) is 0 Å². The molecule has 2 N–H and O–H groups in total. The van der Waals surface area contributed by atoms with Crippen LogP contribution in [0.25, 0.3) is 0 Å². The first-order valence-corrected chi connectivity index (χ1v) is 16.5. The molecule has 0 unspecified atom stereocenters. The Morgan fingerprint density at radius 2 is 1.90 bits per heavy atom. The average molecular weight is 608 g/mol. The van der Waals surface area contributed by atoms with Crippen LogP contribution in [0.2, 0.25) is 5.02 Å². The first-order valence-electron chi connectivity index (χ1n) is 14.9. The minimum atomic E-state index is -1.18. The molecule has 1 saturated carbocycles. The summed E-state index contributed by atoms with van der Waals surface area (Å²) in [5, 5.41) is 6.98. The van der Waals surface area contributed by atoms with Crippen LogP contribution in [-0.4, -0.2) is 59.2 Å². The van der Waals surface area contributed by atoms with Gasteiger partial charge in [0.15, 0.2) is 0 Å². The lowest BCUT2D eigenvalue weighted by Gasteiger charge is -2.38. The summed E-state index contributed by atoms with van der Waals surface area (Å²) in [7, 11) is 0. The molecule has 3 amide bonds. The minimum Gasteiger partial charge on any atom is -0.359 e. The molecule has 8 atom stereocenters. The van der Waals surface area contributed by atoms with E-state index >= 15 is 0 Å². The number of halogens is 1. The van der Waals surface area contributed by atoms with Crippen LogP contribution in [0.5, 0.6) is 0 Å².